The van der Waals surface area contributed by atoms with Gasteiger partial charge in [0.1, 0.15) is 5.69 Å². The van der Waals surface area contributed by atoms with Crippen LogP contribution in [0, 0.1) is 0 Å². The molecule has 0 saturated heterocycles. The summed E-state index contributed by atoms with van der Waals surface area (Å²) in [5.74, 6) is -2.21. The molecule has 0 spiro atoms. The molecule has 0 heterocycles. The number of hydrogen-bond acceptors (Lipinski definition) is 12. The Morgan fingerprint density at radius 2 is 1.74 bits per heavy atom. The predicted molar refractivity (Wildman–Crippen MR) is 117 cm³/mol. The molecule has 0 unspecified atom stereocenters. The van der Waals surface area contributed by atoms with E-state index in [0.29, 0.717) is 17.4 Å². The Hall–Kier alpha value is -3.23. The highest BCUT2D eigenvalue weighted by atomic mass is 32.2. The fourth-order valence-corrected chi connectivity index (χ4v) is 3.58. The second-order valence-corrected chi connectivity index (χ2v) is 7.28. The minimum atomic E-state index is -1.23. The van der Waals surface area contributed by atoms with Gasteiger partial charge < -0.3 is 30.2 Å². The first-order chi connectivity index (χ1) is 14.8. The number of carboxylic acids is 1. The summed E-state index contributed by atoms with van der Waals surface area (Å²) < 4.78 is 18.9. The average Bonchev–Trinajstić information content (AvgIpc) is 2.75. The number of rotatable bonds is 7. The lowest BCUT2D eigenvalue weighted by Gasteiger charge is -2.13. The van der Waals surface area contributed by atoms with Crippen LogP contribution in [0.5, 0.6) is 11.5 Å². The van der Waals surface area contributed by atoms with E-state index in [1.807, 2.05) is 0 Å². The number of phenolic OH excluding ortho intramolecular Hbond substituents is 2. The number of nitrogens with one attached hydrogen (secondary N) is 1. The molecule has 11 nitrogen and oxygen atoms in total. The standard InChI is InChI=1S/C18H16N4O7S2/c1-29-22-10-3-2-8(6-9(10)18(25)26)20-21-15-12(31-28)5-7-4-11(30-27)14(19)16(23)13(7)17(15)24/h2-6,22-24,27-28H,19H2,1H3,(H,25,26). The first-order valence-electron chi connectivity index (χ1n) is 8.34. The lowest BCUT2D eigenvalue weighted by molar-refractivity contribution is 0.0697. The van der Waals surface area contributed by atoms with Crippen molar-refractivity contribution in [3.8, 4) is 11.5 Å². The second-order valence-electron chi connectivity index (χ2n) is 6.03. The molecule has 162 valence electrons. The van der Waals surface area contributed by atoms with Crippen LogP contribution in [-0.4, -0.2) is 37.5 Å². The third kappa shape index (κ3) is 4.30. The van der Waals surface area contributed by atoms with Crippen LogP contribution >= 0.6 is 24.1 Å². The SMILES string of the molecule is CONc1ccc(N=Nc2c(SO)cc3cc(SO)c(N)c(O)c3c2O)cc1C(=O)O. The minimum absolute atomic E-state index is 0.0482. The number of benzene rings is 3. The van der Waals surface area contributed by atoms with Gasteiger partial charge in [0.2, 0.25) is 0 Å². The van der Waals surface area contributed by atoms with Crippen molar-refractivity contribution in [2.45, 2.75) is 9.79 Å². The van der Waals surface area contributed by atoms with E-state index in [2.05, 4.69) is 15.7 Å². The van der Waals surface area contributed by atoms with E-state index in [0.717, 1.165) is 0 Å². The van der Waals surface area contributed by atoms with Gasteiger partial charge in [0.25, 0.3) is 0 Å². The Morgan fingerprint density at radius 3 is 2.35 bits per heavy atom. The first-order valence-corrected chi connectivity index (χ1v) is 9.89. The Balaban J connectivity index is 2.14. The summed E-state index contributed by atoms with van der Waals surface area (Å²) in [6, 6.07) is 6.96. The van der Waals surface area contributed by atoms with Gasteiger partial charge in [-0.25, -0.2) is 4.79 Å². The number of azo groups is 1. The van der Waals surface area contributed by atoms with Crippen molar-refractivity contribution in [2.24, 2.45) is 10.2 Å². The smallest absolute Gasteiger partial charge is 0.337 e. The molecule has 0 bridgehead atoms. The van der Waals surface area contributed by atoms with Crippen molar-refractivity contribution in [3.63, 3.8) is 0 Å². The van der Waals surface area contributed by atoms with Crippen molar-refractivity contribution in [1.82, 2.24) is 0 Å². The molecule has 0 atom stereocenters. The molecule has 3 rings (SSSR count). The topological polar surface area (TPSA) is 190 Å². The number of nitrogens with zero attached hydrogens (tertiary/aromatic N) is 2. The first kappa shape index (κ1) is 22.5. The molecule has 0 radical (unpaired) electrons. The third-order valence-electron chi connectivity index (χ3n) is 4.22. The normalized spacial score (nSPS) is 11.3. The fraction of sp³-hybridized carbons (Fsp3) is 0.0556. The number of phenols is 2. The Bertz CT molecular complexity index is 1200. The number of nitrogen functional groups attached to an aromatic ring is 1. The fourth-order valence-electron chi connectivity index (χ4n) is 2.81. The quantitative estimate of drug-likeness (QED) is 0.0814. The predicted octanol–water partition coefficient (Wildman–Crippen LogP) is 5.05. The Morgan fingerprint density at radius 1 is 1.06 bits per heavy atom. The number of carbonyl (C=O) groups is 1. The van der Waals surface area contributed by atoms with Crippen LogP contribution in [-0.2, 0) is 4.84 Å². The zero-order valence-electron chi connectivity index (χ0n) is 15.7. The number of aromatic hydroxyl groups is 2. The van der Waals surface area contributed by atoms with Gasteiger partial charge in [0.15, 0.2) is 11.5 Å². The van der Waals surface area contributed by atoms with Crippen molar-refractivity contribution in [1.29, 1.82) is 0 Å². The van der Waals surface area contributed by atoms with Crippen LogP contribution in [0.25, 0.3) is 10.8 Å². The van der Waals surface area contributed by atoms with Crippen LogP contribution in [0.2, 0.25) is 0 Å². The molecule has 13 heteroatoms. The average molecular weight is 464 g/mol. The third-order valence-corrected chi connectivity index (χ3v) is 5.26. The van der Waals surface area contributed by atoms with Crippen LogP contribution in [0.3, 0.4) is 0 Å². The summed E-state index contributed by atoms with van der Waals surface area (Å²) in [6.07, 6.45) is 0. The number of nitrogens with two attached hydrogens (primary N) is 1. The molecule has 0 aliphatic heterocycles. The van der Waals surface area contributed by atoms with E-state index in [-0.39, 0.29) is 55.5 Å². The molecule has 3 aromatic carbocycles. The second kappa shape index (κ2) is 9.28. The summed E-state index contributed by atoms with van der Waals surface area (Å²) in [5, 5.41) is 38.5. The molecule has 8 N–H and O–H groups in total. The largest absolute Gasteiger partial charge is 0.505 e. The van der Waals surface area contributed by atoms with Crippen molar-refractivity contribution in [2.75, 3.05) is 18.3 Å². The Kier molecular flexibility index (Phi) is 6.72. The molecule has 0 saturated carbocycles. The van der Waals surface area contributed by atoms with Crippen LogP contribution < -0.4 is 11.2 Å². The number of carboxylic acid groups (broad SMARTS) is 1. The summed E-state index contributed by atoms with van der Waals surface area (Å²) in [5.41, 5.74) is 8.11. The van der Waals surface area contributed by atoms with Crippen LogP contribution in [0.1, 0.15) is 10.4 Å². The maximum Gasteiger partial charge on any atom is 0.337 e. The number of hydrogen-bond donors (Lipinski definition) is 7. The van der Waals surface area contributed by atoms with Gasteiger partial charge >= 0.3 is 5.97 Å². The van der Waals surface area contributed by atoms with Crippen molar-refractivity contribution in [3.05, 3.63) is 35.9 Å². The number of fused-ring (bicyclic) bond motifs is 1. The molecule has 3 aromatic rings. The monoisotopic (exact) mass is 464 g/mol. The molecule has 31 heavy (non-hydrogen) atoms. The highest BCUT2D eigenvalue weighted by molar-refractivity contribution is 7.94. The highest BCUT2D eigenvalue weighted by Crippen LogP contribution is 2.49. The van der Waals surface area contributed by atoms with E-state index >= 15 is 0 Å². The van der Waals surface area contributed by atoms with E-state index in [9.17, 15) is 29.2 Å². The molecule has 0 fully saturated rings. The molecule has 0 aromatic heterocycles. The van der Waals surface area contributed by atoms with Crippen molar-refractivity contribution < 1.29 is 34.1 Å². The highest BCUT2D eigenvalue weighted by Gasteiger charge is 2.20. The van der Waals surface area contributed by atoms with Gasteiger partial charge in [-0.1, -0.05) is 0 Å². The molecule has 0 amide bonds. The van der Waals surface area contributed by atoms with Gasteiger partial charge in [-0.2, -0.15) is 5.11 Å². The molecule has 0 aliphatic carbocycles. The van der Waals surface area contributed by atoms with Crippen LogP contribution in [0.15, 0.2) is 50.4 Å². The molecule has 0 aliphatic rings. The van der Waals surface area contributed by atoms with E-state index in [1.54, 1.807) is 0 Å². The van der Waals surface area contributed by atoms with E-state index in [4.69, 9.17) is 10.6 Å². The summed E-state index contributed by atoms with van der Waals surface area (Å²) >= 11 is 0.607. The maximum absolute atomic E-state index is 11.4. The zero-order valence-corrected chi connectivity index (χ0v) is 17.4. The lowest BCUT2D eigenvalue weighted by atomic mass is 10.1. The van der Waals surface area contributed by atoms with Crippen LogP contribution in [0.4, 0.5) is 22.7 Å². The van der Waals surface area contributed by atoms with Gasteiger partial charge in [-0.3, -0.25) is 10.3 Å². The summed E-state index contributed by atoms with van der Waals surface area (Å²) in [4.78, 5) is 16.4. The van der Waals surface area contributed by atoms with Gasteiger partial charge in [0, 0.05) is 24.1 Å². The molecular formula is C18H16N4O7S2. The summed E-state index contributed by atoms with van der Waals surface area (Å²) in [6.45, 7) is 0. The summed E-state index contributed by atoms with van der Waals surface area (Å²) in [7, 11) is 1.33. The lowest BCUT2D eigenvalue weighted by Crippen LogP contribution is -2.04. The Labute approximate surface area is 183 Å². The van der Waals surface area contributed by atoms with Crippen molar-refractivity contribution >= 4 is 63.6 Å². The van der Waals surface area contributed by atoms with E-state index < -0.39 is 17.5 Å². The van der Waals surface area contributed by atoms with Gasteiger partial charge in [-0.15, -0.1) is 5.11 Å². The maximum atomic E-state index is 11.4. The number of anilines is 2. The number of aromatic carboxylic acids is 1. The molecular weight excluding hydrogens is 448 g/mol. The van der Waals surface area contributed by atoms with Gasteiger partial charge in [0.05, 0.1) is 44.9 Å². The minimum Gasteiger partial charge on any atom is -0.505 e. The zero-order chi connectivity index (χ0) is 22.7. The van der Waals surface area contributed by atoms with Gasteiger partial charge in [-0.05, 0) is 35.7 Å². The van der Waals surface area contributed by atoms with E-state index in [1.165, 1.54) is 37.4 Å².